The standard InChI is InChI=1S/C16H28N2O/c1-4-17-14-16(15-10-8-7-9-11-15)19-13-12-18(5-2)6-3/h7-11,16-17H,4-6,12-14H2,1-3H3. The molecule has 1 rings (SSSR count). The fourth-order valence-electron chi connectivity index (χ4n) is 2.08. The van der Waals surface area contributed by atoms with E-state index in [0.717, 1.165) is 39.3 Å². The monoisotopic (exact) mass is 264 g/mol. The zero-order valence-corrected chi connectivity index (χ0v) is 12.6. The topological polar surface area (TPSA) is 24.5 Å². The predicted octanol–water partition coefficient (Wildman–Crippen LogP) is 2.70. The minimum absolute atomic E-state index is 0.150. The van der Waals surface area contributed by atoms with E-state index in [1.54, 1.807) is 0 Å². The Morgan fingerprint density at radius 1 is 1.11 bits per heavy atom. The van der Waals surface area contributed by atoms with E-state index in [1.165, 1.54) is 5.56 Å². The molecule has 0 heterocycles. The summed E-state index contributed by atoms with van der Waals surface area (Å²) in [5.74, 6) is 0. The van der Waals surface area contributed by atoms with E-state index >= 15 is 0 Å². The van der Waals surface area contributed by atoms with Crippen LogP contribution >= 0.6 is 0 Å². The number of benzene rings is 1. The zero-order chi connectivity index (χ0) is 13.9. The van der Waals surface area contributed by atoms with Crippen molar-refractivity contribution in [1.82, 2.24) is 10.2 Å². The summed E-state index contributed by atoms with van der Waals surface area (Å²) in [5.41, 5.74) is 1.25. The molecular weight excluding hydrogens is 236 g/mol. The molecule has 0 spiro atoms. The number of nitrogens with zero attached hydrogens (tertiary/aromatic N) is 1. The normalized spacial score (nSPS) is 12.8. The molecule has 3 heteroatoms. The van der Waals surface area contributed by atoms with Crippen molar-refractivity contribution in [2.45, 2.75) is 26.9 Å². The molecule has 0 saturated heterocycles. The Kier molecular flexibility index (Phi) is 8.47. The van der Waals surface area contributed by atoms with Crippen molar-refractivity contribution in [3.63, 3.8) is 0 Å². The molecule has 0 bridgehead atoms. The lowest BCUT2D eigenvalue weighted by atomic mass is 10.1. The summed E-state index contributed by atoms with van der Waals surface area (Å²) in [6.07, 6.45) is 0.150. The first-order chi connectivity index (χ1) is 9.31. The molecule has 0 saturated carbocycles. The summed E-state index contributed by atoms with van der Waals surface area (Å²) < 4.78 is 6.06. The van der Waals surface area contributed by atoms with Gasteiger partial charge in [-0.15, -0.1) is 0 Å². The molecule has 0 aromatic heterocycles. The maximum absolute atomic E-state index is 6.06. The van der Waals surface area contributed by atoms with Gasteiger partial charge < -0.3 is 15.0 Å². The largest absolute Gasteiger partial charge is 0.371 e. The highest BCUT2D eigenvalue weighted by atomic mass is 16.5. The van der Waals surface area contributed by atoms with Crippen molar-refractivity contribution >= 4 is 0 Å². The Morgan fingerprint density at radius 2 is 1.79 bits per heavy atom. The third-order valence-corrected chi connectivity index (χ3v) is 3.37. The van der Waals surface area contributed by atoms with Gasteiger partial charge in [-0.2, -0.15) is 0 Å². The van der Waals surface area contributed by atoms with E-state index in [1.807, 2.05) is 6.07 Å². The van der Waals surface area contributed by atoms with Crippen molar-refractivity contribution in [2.24, 2.45) is 0 Å². The van der Waals surface area contributed by atoms with E-state index in [2.05, 4.69) is 55.3 Å². The van der Waals surface area contributed by atoms with Gasteiger partial charge in [-0.25, -0.2) is 0 Å². The van der Waals surface area contributed by atoms with E-state index in [0.29, 0.717) is 0 Å². The van der Waals surface area contributed by atoms with Gasteiger partial charge in [0.25, 0.3) is 0 Å². The summed E-state index contributed by atoms with van der Waals surface area (Å²) in [6, 6.07) is 10.5. The minimum Gasteiger partial charge on any atom is -0.371 e. The zero-order valence-electron chi connectivity index (χ0n) is 12.6. The molecule has 3 nitrogen and oxygen atoms in total. The molecule has 1 N–H and O–H groups in total. The summed E-state index contributed by atoms with van der Waals surface area (Å²) in [4.78, 5) is 2.38. The lowest BCUT2D eigenvalue weighted by molar-refractivity contribution is 0.0385. The molecule has 108 valence electrons. The van der Waals surface area contributed by atoms with Crippen LogP contribution in [0.2, 0.25) is 0 Å². The summed E-state index contributed by atoms with van der Waals surface area (Å²) in [6.45, 7) is 12.3. The smallest absolute Gasteiger partial charge is 0.0949 e. The lowest BCUT2D eigenvalue weighted by Gasteiger charge is -2.22. The van der Waals surface area contributed by atoms with Crippen LogP contribution in [0.1, 0.15) is 32.4 Å². The molecule has 0 aliphatic heterocycles. The van der Waals surface area contributed by atoms with E-state index < -0.39 is 0 Å². The van der Waals surface area contributed by atoms with Crippen molar-refractivity contribution < 1.29 is 4.74 Å². The van der Waals surface area contributed by atoms with Crippen molar-refractivity contribution in [2.75, 3.05) is 39.3 Å². The van der Waals surface area contributed by atoms with Crippen LogP contribution in [0.15, 0.2) is 30.3 Å². The third-order valence-electron chi connectivity index (χ3n) is 3.37. The molecular formula is C16H28N2O. The Morgan fingerprint density at radius 3 is 2.37 bits per heavy atom. The van der Waals surface area contributed by atoms with E-state index in [9.17, 15) is 0 Å². The quantitative estimate of drug-likeness (QED) is 0.703. The van der Waals surface area contributed by atoms with Crippen LogP contribution in [0, 0.1) is 0 Å². The Hall–Kier alpha value is -0.900. The van der Waals surface area contributed by atoms with Gasteiger partial charge in [-0.1, -0.05) is 51.1 Å². The van der Waals surface area contributed by atoms with E-state index in [4.69, 9.17) is 4.74 Å². The van der Waals surface area contributed by atoms with Crippen LogP contribution in [-0.4, -0.2) is 44.2 Å². The van der Waals surface area contributed by atoms with Gasteiger partial charge >= 0.3 is 0 Å². The molecule has 1 atom stereocenters. The number of rotatable bonds is 10. The molecule has 0 fully saturated rings. The van der Waals surface area contributed by atoms with Crippen molar-refractivity contribution in [3.8, 4) is 0 Å². The van der Waals surface area contributed by atoms with Crippen LogP contribution in [0.5, 0.6) is 0 Å². The number of hydrogen-bond donors (Lipinski definition) is 1. The van der Waals surface area contributed by atoms with Crippen molar-refractivity contribution in [1.29, 1.82) is 0 Å². The highest BCUT2D eigenvalue weighted by Crippen LogP contribution is 2.16. The number of likely N-dealkylation sites (N-methyl/N-ethyl adjacent to an activating group) is 2. The fourth-order valence-corrected chi connectivity index (χ4v) is 2.08. The summed E-state index contributed by atoms with van der Waals surface area (Å²) in [7, 11) is 0. The van der Waals surface area contributed by atoms with Gasteiger partial charge in [0.1, 0.15) is 0 Å². The van der Waals surface area contributed by atoms with Gasteiger partial charge in [0.15, 0.2) is 0 Å². The van der Waals surface area contributed by atoms with Gasteiger partial charge in [-0.05, 0) is 25.2 Å². The molecule has 0 aliphatic rings. The average Bonchev–Trinajstić information content (AvgIpc) is 2.47. The molecule has 0 aliphatic carbocycles. The van der Waals surface area contributed by atoms with Gasteiger partial charge in [0.2, 0.25) is 0 Å². The molecule has 1 aromatic carbocycles. The maximum Gasteiger partial charge on any atom is 0.0949 e. The van der Waals surface area contributed by atoms with Crippen molar-refractivity contribution in [3.05, 3.63) is 35.9 Å². The molecule has 1 unspecified atom stereocenters. The van der Waals surface area contributed by atoms with Crippen LogP contribution in [0.4, 0.5) is 0 Å². The first-order valence-corrected chi connectivity index (χ1v) is 7.41. The summed E-state index contributed by atoms with van der Waals surface area (Å²) in [5, 5.41) is 3.37. The van der Waals surface area contributed by atoms with Crippen LogP contribution in [0.3, 0.4) is 0 Å². The van der Waals surface area contributed by atoms with Crippen LogP contribution in [-0.2, 0) is 4.74 Å². The lowest BCUT2D eigenvalue weighted by Crippen LogP contribution is -2.29. The van der Waals surface area contributed by atoms with Crippen LogP contribution in [0.25, 0.3) is 0 Å². The minimum atomic E-state index is 0.150. The number of hydrogen-bond acceptors (Lipinski definition) is 3. The van der Waals surface area contributed by atoms with Gasteiger partial charge in [0, 0.05) is 13.1 Å². The Labute approximate surface area is 118 Å². The highest BCUT2D eigenvalue weighted by Gasteiger charge is 2.11. The predicted molar refractivity (Wildman–Crippen MR) is 81.5 cm³/mol. The number of ether oxygens (including phenoxy) is 1. The second-order valence-electron chi connectivity index (χ2n) is 4.60. The Bertz CT molecular complexity index is 312. The fraction of sp³-hybridized carbons (Fsp3) is 0.625. The van der Waals surface area contributed by atoms with Gasteiger partial charge in [-0.3, -0.25) is 0 Å². The second kappa shape index (κ2) is 9.96. The highest BCUT2D eigenvalue weighted by molar-refractivity contribution is 5.17. The molecule has 19 heavy (non-hydrogen) atoms. The molecule has 1 aromatic rings. The molecule has 0 radical (unpaired) electrons. The second-order valence-corrected chi connectivity index (χ2v) is 4.60. The van der Waals surface area contributed by atoms with Crippen LogP contribution < -0.4 is 5.32 Å². The van der Waals surface area contributed by atoms with Gasteiger partial charge in [0.05, 0.1) is 12.7 Å². The maximum atomic E-state index is 6.06. The van der Waals surface area contributed by atoms with E-state index in [-0.39, 0.29) is 6.10 Å². The SMILES string of the molecule is CCNCC(OCCN(CC)CC)c1ccccc1. The average molecular weight is 264 g/mol. The summed E-state index contributed by atoms with van der Waals surface area (Å²) >= 11 is 0. The Balaban J connectivity index is 2.46. The molecule has 0 amide bonds. The first-order valence-electron chi connectivity index (χ1n) is 7.41. The first kappa shape index (κ1) is 16.2. The number of nitrogens with one attached hydrogen (secondary N) is 1. The third kappa shape index (κ3) is 6.19.